The molecular formula is C13H19NO2. The maximum Gasteiger partial charge on any atom is 0.150 e. The van der Waals surface area contributed by atoms with E-state index in [4.69, 9.17) is 5.11 Å². The fourth-order valence-electron chi connectivity index (χ4n) is 1.27. The topological polar surface area (TPSA) is 49.3 Å². The van der Waals surface area contributed by atoms with Crippen LogP contribution in [0.15, 0.2) is 24.3 Å². The number of nitrogens with one attached hydrogen (secondary N) is 1. The lowest BCUT2D eigenvalue weighted by Gasteiger charge is -2.19. The molecule has 0 bridgehead atoms. The number of carbonyl (C=O) groups is 1. The fourth-order valence-corrected chi connectivity index (χ4v) is 1.27. The van der Waals surface area contributed by atoms with Crippen molar-refractivity contribution in [3.63, 3.8) is 0 Å². The summed E-state index contributed by atoms with van der Waals surface area (Å²) in [6, 6.07) is 6.73. The number of phenols is 1. The second-order valence-electron chi connectivity index (χ2n) is 4.99. The van der Waals surface area contributed by atoms with E-state index < -0.39 is 0 Å². The van der Waals surface area contributed by atoms with Gasteiger partial charge < -0.3 is 10.4 Å². The molecule has 16 heavy (non-hydrogen) atoms. The summed E-state index contributed by atoms with van der Waals surface area (Å²) in [5, 5.41) is 12.3. The fraction of sp³-hybridized carbons (Fsp3) is 0.462. The zero-order valence-electron chi connectivity index (χ0n) is 10.1. The molecule has 0 saturated heterocycles. The highest BCUT2D eigenvalue weighted by atomic mass is 16.3. The maximum absolute atomic E-state index is 11.6. The molecule has 0 saturated carbocycles. The van der Waals surface area contributed by atoms with Crippen LogP contribution < -0.4 is 5.32 Å². The number of Topliss-reactive ketones (excluding diaryl/α,β-unsaturated/α-hetero) is 1. The van der Waals surface area contributed by atoms with Gasteiger partial charge in [-0.1, -0.05) is 12.1 Å². The lowest BCUT2D eigenvalue weighted by Crippen LogP contribution is -2.39. The zero-order valence-corrected chi connectivity index (χ0v) is 10.1. The lowest BCUT2D eigenvalue weighted by atomic mass is 10.1. The Kier molecular flexibility index (Phi) is 4.07. The Morgan fingerprint density at radius 3 is 2.31 bits per heavy atom. The van der Waals surface area contributed by atoms with Gasteiger partial charge in [-0.3, -0.25) is 4.79 Å². The first kappa shape index (κ1) is 12.7. The Hall–Kier alpha value is -1.35. The molecule has 0 spiro atoms. The van der Waals surface area contributed by atoms with Gasteiger partial charge in [0, 0.05) is 12.0 Å². The molecule has 0 aliphatic heterocycles. The van der Waals surface area contributed by atoms with Crippen LogP contribution in [0.2, 0.25) is 0 Å². The predicted octanol–water partition coefficient (Wildman–Crippen LogP) is 1.89. The van der Waals surface area contributed by atoms with Crippen LogP contribution in [-0.2, 0) is 11.2 Å². The smallest absolute Gasteiger partial charge is 0.150 e. The van der Waals surface area contributed by atoms with Gasteiger partial charge in [0.15, 0.2) is 5.78 Å². The van der Waals surface area contributed by atoms with E-state index in [1.54, 1.807) is 24.3 Å². The van der Waals surface area contributed by atoms with Crippen molar-refractivity contribution in [2.45, 2.75) is 32.7 Å². The minimum absolute atomic E-state index is 0.0371. The summed E-state index contributed by atoms with van der Waals surface area (Å²) in [6.07, 6.45) is 0.406. The van der Waals surface area contributed by atoms with Crippen molar-refractivity contribution < 1.29 is 9.90 Å². The summed E-state index contributed by atoms with van der Waals surface area (Å²) >= 11 is 0. The molecule has 3 nitrogen and oxygen atoms in total. The first-order valence-electron chi connectivity index (χ1n) is 5.41. The van der Waals surface area contributed by atoms with Crippen LogP contribution in [0.25, 0.3) is 0 Å². The van der Waals surface area contributed by atoms with E-state index in [1.807, 2.05) is 20.8 Å². The second kappa shape index (κ2) is 5.12. The van der Waals surface area contributed by atoms with Crippen molar-refractivity contribution in [2.75, 3.05) is 6.54 Å². The number of ketones is 1. The van der Waals surface area contributed by atoms with Gasteiger partial charge in [-0.05, 0) is 38.5 Å². The summed E-state index contributed by atoms with van der Waals surface area (Å²) in [6.45, 7) is 6.47. The molecule has 0 atom stereocenters. The molecule has 1 aromatic rings. The molecule has 0 aliphatic carbocycles. The summed E-state index contributed by atoms with van der Waals surface area (Å²) in [7, 11) is 0. The minimum Gasteiger partial charge on any atom is -0.508 e. The highest BCUT2D eigenvalue weighted by Gasteiger charge is 2.11. The van der Waals surface area contributed by atoms with Gasteiger partial charge in [-0.15, -0.1) is 0 Å². The quantitative estimate of drug-likeness (QED) is 0.816. The normalized spacial score (nSPS) is 11.4. The Bertz CT molecular complexity index is 349. The highest BCUT2D eigenvalue weighted by Crippen LogP contribution is 2.10. The van der Waals surface area contributed by atoms with Crippen LogP contribution >= 0.6 is 0 Å². The number of aromatic hydroxyl groups is 1. The molecule has 0 unspecified atom stereocenters. The molecule has 1 rings (SSSR count). The monoisotopic (exact) mass is 221 g/mol. The standard InChI is InChI=1S/C13H19NO2/c1-13(2,3)14-9-12(16)8-10-4-6-11(15)7-5-10/h4-7,14-15H,8-9H2,1-3H3. The second-order valence-corrected chi connectivity index (χ2v) is 4.99. The Balaban J connectivity index is 2.43. The molecule has 0 fully saturated rings. The summed E-state index contributed by atoms with van der Waals surface area (Å²) in [4.78, 5) is 11.6. The van der Waals surface area contributed by atoms with Crippen LogP contribution in [0.5, 0.6) is 5.75 Å². The zero-order chi connectivity index (χ0) is 12.2. The molecule has 0 aromatic heterocycles. The third-order valence-electron chi connectivity index (χ3n) is 2.15. The van der Waals surface area contributed by atoms with Crippen molar-refractivity contribution in [1.82, 2.24) is 5.32 Å². The van der Waals surface area contributed by atoms with Crippen molar-refractivity contribution >= 4 is 5.78 Å². The molecule has 1 aromatic carbocycles. The van der Waals surface area contributed by atoms with E-state index in [-0.39, 0.29) is 17.1 Å². The molecular weight excluding hydrogens is 202 g/mol. The van der Waals surface area contributed by atoms with Gasteiger partial charge in [0.2, 0.25) is 0 Å². The Labute approximate surface area is 96.5 Å². The third kappa shape index (κ3) is 4.94. The number of hydrogen-bond acceptors (Lipinski definition) is 3. The largest absolute Gasteiger partial charge is 0.508 e. The molecule has 88 valence electrons. The van der Waals surface area contributed by atoms with E-state index in [1.165, 1.54) is 0 Å². The van der Waals surface area contributed by atoms with E-state index >= 15 is 0 Å². The lowest BCUT2D eigenvalue weighted by molar-refractivity contribution is -0.117. The first-order chi connectivity index (χ1) is 7.37. The number of carbonyl (C=O) groups excluding carboxylic acids is 1. The van der Waals surface area contributed by atoms with Crippen LogP contribution in [0.1, 0.15) is 26.3 Å². The first-order valence-corrected chi connectivity index (χ1v) is 5.41. The van der Waals surface area contributed by atoms with Crippen molar-refractivity contribution in [3.8, 4) is 5.75 Å². The van der Waals surface area contributed by atoms with E-state index in [0.717, 1.165) is 5.56 Å². The molecule has 0 radical (unpaired) electrons. The van der Waals surface area contributed by atoms with Crippen LogP contribution in [0.4, 0.5) is 0 Å². The number of rotatable bonds is 4. The SMILES string of the molecule is CC(C)(C)NCC(=O)Cc1ccc(O)cc1. The highest BCUT2D eigenvalue weighted by molar-refractivity contribution is 5.82. The number of benzene rings is 1. The van der Waals surface area contributed by atoms with Gasteiger partial charge in [-0.2, -0.15) is 0 Å². The average Bonchev–Trinajstić information content (AvgIpc) is 2.18. The van der Waals surface area contributed by atoms with Crippen molar-refractivity contribution in [3.05, 3.63) is 29.8 Å². The van der Waals surface area contributed by atoms with Crippen LogP contribution in [-0.4, -0.2) is 23.0 Å². The van der Waals surface area contributed by atoms with E-state index in [0.29, 0.717) is 13.0 Å². The number of hydrogen-bond donors (Lipinski definition) is 2. The van der Waals surface area contributed by atoms with Gasteiger partial charge in [0.1, 0.15) is 5.75 Å². The minimum atomic E-state index is -0.0371. The molecule has 3 heteroatoms. The summed E-state index contributed by atoms with van der Waals surface area (Å²) in [5.74, 6) is 0.379. The summed E-state index contributed by atoms with van der Waals surface area (Å²) in [5.41, 5.74) is 0.892. The average molecular weight is 221 g/mol. The Morgan fingerprint density at radius 2 is 1.81 bits per heavy atom. The molecule has 2 N–H and O–H groups in total. The van der Waals surface area contributed by atoms with Crippen molar-refractivity contribution in [2.24, 2.45) is 0 Å². The summed E-state index contributed by atoms with van der Waals surface area (Å²) < 4.78 is 0. The molecule has 0 aliphatic rings. The van der Waals surface area contributed by atoms with Crippen LogP contribution in [0, 0.1) is 0 Å². The van der Waals surface area contributed by atoms with Gasteiger partial charge in [-0.25, -0.2) is 0 Å². The van der Waals surface area contributed by atoms with Gasteiger partial charge in [0.25, 0.3) is 0 Å². The maximum atomic E-state index is 11.6. The van der Waals surface area contributed by atoms with Gasteiger partial charge in [0.05, 0.1) is 6.54 Å². The Morgan fingerprint density at radius 1 is 1.25 bits per heavy atom. The van der Waals surface area contributed by atoms with Gasteiger partial charge >= 0.3 is 0 Å². The molecule has 0 heterocycles. The molecule has 0 amide bonds. The van der Waals surface area contributed by atoms with E-state index in [2.05, 4.69) is 5.32 Å². The number of phenolic OH excluding ortho intramolecular Hbond substituents is 1. The van der Waals surface area contributed by atoms with E-state index in [9.17, 15) is 4.79 Å². The predicted molar refractivity (Wildman–Crippen MR) is 64.6 cm³/mol. The third-order valence-corrected chi connectivity index (χ3v) is 2.15. The van der Waals surface area contributed by atoms with Crippen LogP contribution in [0.3, 0.4) is 0 Å². The van der Waals surface area contributed by atoms with Crippen molar-refractivity contribution in [1.29, 1.82) is 0 Å².